The Morgan fingerprint density at radius 3 is 2.57 bits per heavy atom. The van der Waals surface area contributed by atoms with Gasteiger partial charge in [0.15, 0.2) is 0 Å². The molecule has 0 radical (unpaired) electrons. The standard InChI is InChI=1S/C29H33N3O3/c1-21-8-10-24(11-9-21)29(12-17-34-18-13-29)28(33)32-16-4-6-23(20-32)26-27(31-15-14-30-26)35-25-7-3-5-22(2)19-25/h3,5,7-11,14-15,19,23H,4,6,12-13,16-18,20H2,1-2H3/t23-/m1/s1. The number of hydrogen-bond acceptors (Lipinski definition) is 5. The van der Waals surface area contributed by atoms with Crippen molar-refractivity contribution in [3.05, 3.63) is 83.3 Å². The summed E-state index contributed by atoms with van der Waals surface area (Å²) in [6.45, 7) is 6.71. The van der Waals surface area contributed by atoms with E-state index < -0.39 is 5.41 Å². The summed E-state index contributed by atoms with van der Waals surface area (Å²) >= 11 is 0. The molecular formula is C29H33N3O3. The van der Waals surface area contributed by atoms with E-state index in [4.69, 9.17) is 9.47 Å². The summed E-state index contributed by atoms with van der Waals surface area (Å²) in [4.78, 5) is 25.4. The monoisotopic (exact) mass is 471 g/mol. The van der Waals surface area contributed by atoms with Crippen LogP contribution in [0.1, 0.15) is 54.0 Å². The molecule has 182 valence electrons. The Kier molecular flexibility index (Phi) is 6.82. The lowest BCUT2D eigenvalue weighted by Crippen LogP contribution is -2.52. The minimum Gasteiger partial charge on any atom is -0.437 e. The Morgan fingerprint density at radius 1 is 1.03 bits per heavy atom. The van der Waals surface area contributed by atoms with E-state index in [0.29, 0.717) is 38.5 Å². The zero-order chi connectivity index (χ0) is 24.3. The minimum absolute atomic E-state index is 0.0797. The van der Waals surface area contributed by atoms with E-state index in [0.717, 1.165) is 42.0 Å². The topological polar surface area (TPSA) is 64.6 Å². The Morgan fingerprint density at radius 2 is 1.80 bits per heavy atom. The van der Waals surface area contributed by atoms with Crippen LogP contribution in [0, 0.1) is 13.8 Å². The van der Waals surface area contributed by atoms with Gasteiger partial charge in [-0.15, -0.1) is 0 Å². The maximum atomic E-state index is 14.2. The third kappa shape index (κ3) is 4.94. The molecule has 5 rings (SSSR count). The average Bonchev–Trinajstić information content (AvgIpc) is 2.89. The van der Waals surface area contributed by atoms with Crippen molar-refractivity contribution in [3.63, 3.8) is 0 Å². The highest BCUT2D eigenvalue weighted by Crippen LogP contribution is 2.40. The third-order valence-electron chi connectivity index (χ3n) is 7.35. The number of ether oxygens (including phenoxy) is 2. The third-order valence-corrected chi connectivity index (χ3v) is 7.35. The molecule has 2 saturated heterocycles. The molecule has 1 aromatic heterocycles. The minimum atomic E-state index is -0.531. The molecule has 6 heteroatoms. The fourth-order valence-electron chi connectivity index (χ4n) is 5.39. The summed E-state index contributed by atoms with van der Waals surface area (Å²) in [5, 5.41) is 0. The van der Waals surface area contributed by atoms with Crippen molar-refractivity contribution in [3.8, 4) is 11.6 Å². The number of aromatic nitrogens is 2. The number of likely N-dealkylation sites (tertiary alicyclic amines) is 1. The molecule has 2 aromatic carbocycles. The second-order valence-electron chi connectivity index (χ2n) is 9.82. The Bertz CT molecular complexity index is 1170. The number of carbonyl (C=O) groups is 1. The fourth-order valence-corrected chi connectivity index (χ4v) is 5.39. The molecule has 2 fully saturated rings. The van der Waals surface area contributed by atoms with Gasteiger partial charge in [-0.1, -0.05) is 42.0 Å². The van der Waals surface area contributed by atoms with Crippen LogP contribution < -0.4 is 4.74 Å². The highest BCUT2D eigenvalue weighted by atomic mass is 16.5. The second kappa shape index (κ2) is 10.2. The number of carbonyl (C=O) groups excluding carboxylic acids is 1. The summed E-state index contributed by atoms with van der Waals surface area (Å²) in [6, 6.07) is 16.4. The predicted molar refractivity (Wildman–Crippen MR) is 135 cm³/mol. The Labute approximate surface area is 207 Å². The van der Waals surface area contributed by atoms with E-state index in [1.165, 1.54) is 5.56 Å². The van der Waals surface area contributed by atoms with Crippen LogP contribution >= 0.6 is 0 Å². The van der Waals surface area contributed by atoms with Crippen LogP contribution in [-0.2, 0) is 14.9 Å². The van der Waals surface area contributed by atoms with Gasteiger partial charge in [0, 0.05) is 44.6 Å². The number of rotatable bonds is 5. The number of piperidine rings is 1. The van der Waals surface area contributed by atoms with Crippen molar-refractivity contribution >= 4 is 5.91 Å². The lowest BCUT2D eigenvalue weighted by atomic mass is 9.72. The van der Waals surface area contributed by atoms with Crippen molar-refractivity contribution in [1.29, 1.82) is 0 Å². The van der Waals surface area contributed by atoms with Crippen molar-refractivity contribution in [1.82, 2.24) is 14.9 Å². The van der Waals surface area contributed by atoms with Crippen LogP contribution in [0.2, 0.25) is 0 Å². The number of benzene rings is 2. The van der Waals surface area contributed by atoms with Gasteiger partial charge in [-0.05, 0) is 62.8 Å². The first kappa shape index (κ1) is 23.5. The van der Waals surface area contributed by atoms with Gasteiger partial charge in [0.1, 0.15) is 11.4 Å². The predicted octanol–water partition coefficient (Wildman–Crippen LogP) is 5.34. The number of hydrogen-bond donors (Lipinski definition) is 0. The Balaban J connectivity index is 1.40. The maximum Gasteiger partial charge on any atom is 0.241 e. The normalized spacial score (nSPS) is 19.8. The molecule has 3 heterocycles. The van der Waals surface area contributed by atoms with Crippen LogP contribution in [0.15, 0.2) is 60.9 Å². The van der Waals surface area contributed by atoms with E-state index >= 15 is 0 Å². The van der Waals surface area contributed by atoms with E-state index in [2.05, 4.69) is 41.2 Å². The smallest absolute Gasteiger partial charge is 0.241 e. The van der Waals surface area contributed by atoms with Gasteiger partial charge in [-0.2, -0.15) is 0 Å². The molecule has 0 unspecified atom stereocenters. The van der Waals surface area contributed by atoms with Gasteiger partial charge < -0.3 is 14.4 Å². The lowest BCUT2D eigenvalue weighted by Gasteiger charge is -2.42. The molecule has 3 aromatic rings. The van der Waals surface area contributed by atoms with E-state index in [1.54, 1.807) is 12.4 Å². The quantitative estimate of drug-likeness (QED) is 0.503. The highest BCUT2D eigenvalue weighted by molar-refractivity contribution is 5.88. The van der Waals surface area contributed by atoms with Crippen LogP contribution in [0.5, 0.6) is 11.6 Å². The first-order valence-corrected chi connectivity index (χ1v) is 12.5. The fraction of sp³-hybridized carbons (Fsp3) is 0.414. The molecule has 0 spiro atoms. The van der Waals surface area contributed by atoms with Crippen molar-refractivity contribution in [2.45, 2.75) is 50.9 Å². The second-order valence-corrected chi connectivity index (χ2v) is 9.82. The van der Waals surface area contributed by atoms with Gasteiger partial charge in [0.25, 0.3) is 0 Å². The number of amides is 1. The maximum absolute atomic E-state index is 14.2. The molecule has 1 amide bonds. The number of nitrogens with zero attached hydrogens (tertiary/aromatic N) is 3. The van der Waals surface area contributed by atoms with E-state index in [1.807, 2.05) is 36.1 Å². The van der Waals surface area contributed by atoms with Crippen LogP contribution in [0.25, 0.3) is 0 Å². The van der Waals surface area contributed by atoms with Crippen LogP contribution in [-0.4, -0.2) is 47.1 Å². The lowest BCUT2D eigenvalue weighted by molar-refractivity contribution is -0.142. The van der Waals surface area contributed by atoms with E-state index in [-0.39, 0.29) is 11.8 Å². The SMILES string of the molecule is Cc1ccc(C2(C(=O)N3CCC[C@@H](c4nccnc4Oc4cccc(C)c4)C3)CCOCC2)cc1. The van der Waals surface area contributed by atoms with Crippen LogP contribution in [0.4, 0.5) is 0 Å². The summed E-state index contributed by atoms with van der Waals surface area (Å²) in [5.41, 5.74) is 3.71. The summed E-state index contributed by atoms with van der Waals surface area (Å²) < 4.78 is 11.8. The summed E-state index contributed by atoms with van der Waals surface area (Å²) in [6.07, 6.45) is 6.68. The molecule has 0 aliphatic carbocycles. The van der Waals surface area contributed by atoms with Crippen molar-refractivity contribution < 1.29 is 14.3 Å². The van der Waals surface area contributed by atoms with Crippen molar-refractivity contribution in [2.75, 3.05) is 26.3 Å². The summed E-state index contributed by atoms with van der Waals surface area (Å²) in [7, 11) is 0. The van der Waals surface area contributed by atoms with Gasteiger partial charge in [-0.25, -0.2) is 4.98 Å². The molecule has 35 heavy (non-hydrogen) atoms. The van der Waals surface area contributed by atoms with Gasteiger partial charge >= 0.3 is 0 Å². The van der Waals surface area contributed by atoms with Gasteiger partial charge in [0.05, 0.1) is 5.41 Å². The molecule has 2 aliphatic heterocycles. The first-order chi connectivity index (χ1) is 17.0. The zero-order valence-corrected chi connectivity index (χ0v) is 20.6. The Hall–Kier alpha value is -3.25. The largest absolute Gasteiger partial charge is 0.437 e. The zero-order valence-electron chi connectivity index (χ0n) is 20.6. The van der Waals surface area contributed by atoms with E-state index in [9.17, 15) is 4.79 Å². The first-order valence-electron chi connectivity index (χ1n) is 12.5. The molecule has 6 nitrogen and oxygen atoms in total. The molecule has 1 atom stereocenters. The average molecular weight is 472 g/mol. The van der Waals surface area contributed by atoms with Gasteiger partial charge in [-0.3, -0.25) is 9.78 Å². The van der Waals surface area contributed by atoms with Crippen molar-refractivity contribution in [2.24, 2.45) is 0 Å². The molecule has 2 aliphatic rings. The summed E-state index contributed by atoms with van der Waals surface area (Å²) in [5.74, 6) is 1.56. The highest BCUT2D eigenvalue weighted by Gasteiger charge is 2.45. The van der Waals surface area contributed by atoms with Gasteiger partial charge in [0.2, 0.25) is 11.8 Å². The molecule has 0 bridgehead atoms. The number of aryl methyl sites for hydroxylation is 2. The molecule has 0 N–H and O–H groups in total. The molecule has 0 saturated carbocycles. The molecular weight excluding hydrogens is 438 g/mol. The van der Waals surface area contributed by atoms with Crippen LogP contribution in [0.3, 0.4) is 0 Å².